The molecule has 0 aromatic carbocycles. The standard InChI is InChI=1S/C20H32O4.C20H32O3.C19H30O4/c1-5-19(2,3)18(22)23-7-6-17(21)24-20(4)15-9-13-8-14(11-15)12-16(20)10-13;1-5-20(3,4)19(21)23-11(2)22-16-10-14-9-15(16)18-13-7-6-12(8-13)17(14)18;1-4-18(2,3)16(20)22-5-6-23-17(21)19-10-13-7-14(11-19)9-15(8-13)12-19/h13-16H,5-12H2,1-4H3;11-18H,5-10H2,1-4H3;13-15H,4-12H2,1-3H3. The van der Waals surface area contributed by atoms with Gasteiger partial charge in [0.15, 0.2) is 6.29 Å². The van der Waals surface area contributed by atoms with E-state index in [0.717, 1.165) is 104 Å². The van der Waals surface area contributed by atoms with Crippen molar-refractivity contribution in [1.29, 1.82) is 0 Å². The lowest BCUT2D eigenvalue weighted by molar-refractivity contribution is -0.204. The first-order chi connectivity index (χ1) is 33.0. The molecule has 8 unspecified atom stereocenters. The van der Waals surface area contributed by atoms with Crippen LogP contribution in [0.25, 0.3) is 0 Å². The van der Waals surface area contributed by atoms with Crippen LogP contribution >= 0.6 is 0 Å². The second kappa shape index (κ2) is 20.9. The molecule has 70 heavy (non-hydrogen) atoms. The van der Waals surface area contributed by atoms with E-state index in [2.05, 4.69) is 6.92 Å². The second-order valence-electron chi connectivity index (χ2n) is 27.1. The van der Waals surface area contributed by atoms with Gasteiger partial charge in [-0.15, -0.1) is 0 Å². The Hall–Kier alpha value is -2.69. The molecule has 11 nitrogen and oxygen atoms in total. The van der Waals surface area contributed by atoms with Crippen molar-refractivity contribution in [2.75, 3.05) is 19.8 Å². The molecule has 396 valence electrons. The minimum absolute atomic E-state index is 0.0394. The van der Waals surface area contributed by atoms with Crippen LogP contribution in [0, 0.1) is 98.6 Å². The van der Waals surface area contributed by atoms with Crippen LogP contribution in [-0.2, 0) is 52.4 Å². The molecule has 0 amide bonds. The Morgan fingerprint density at radius 1 is 0.543 bits per heavy atom. The second-order valence-corrected chi connectivity index (χ2v) is 27.1. The number of hydrogen-bond donors (Lipinski definition) is 0. The molecule has 12 bridgehead atoms. The van der Waals surface area contributed by atoms with Crippen molar-refractivity contribution in [2.24, 2.45) is 98.6 Å². The topological polar surface area (TPSA) is 141 Å². The number of rotatable bonds is 17. The normalized spacial score (nSPS) is 39.2. The van der Waals surface area contributed by atoms with Gasteiger partial charge in [-0.05, 0) is 254 Å². The van der Waals surface area contributed by atoms with Crippen molar-refractivity contribution in [3.63, 3.8) is 0 Å². The first-order valence-electron chi connectivity index (χ1n) is 28.6. The highest BCUT2D eigenvalue weighted by atomic mass is 16.7. The zero-order valence-electron chi connectivity index (χ0n) is 45.4. The summed E-state index contributed by atoms with van der Waals surface area (Å²) in [6.45, 7) is 21.8. The summed E-state index contributed by atoms with van der Waals surface area (Å²) in [4.78, 5) is 61.0. The fourth-order valence-electron chi connectivity index (χ4n) is 16.7. The van der Waals surface area contributed by atoms with Gasteiger partial charge < -0.3 is 28.4 Å². The van der Waals surface area contributed by atoms with Crippen molar-refractivity contribution >= 4 is 29.8 Å². The van der Waals surface area contributed by atoms with E-state index in [4.69, 9.17) is 28.4 Å². The van der Waals surface area contributed by atoms with E-state index in [1.165, 1.54) is 83.5 Å². The number of esters is 5. The van der Waals surface area contributed by atoms with Gasteiger partial charge in [0.1, 0.15) is 25.4 Å². The van der Waals surface area contributed by atoms with Crippen molar-refractivity contribution in [1.82, 2.24) is 0 Å². The Kier molecular flexibility index (Phi) is 16.0. The van der Waals surface area contributed by atoms with Crippen molar-refractivity contribution in [2.45, 2.75) is 223 Å². The zero-order chi connectivity index (χ0) is 50.6. The van der Waals surface area contributed by atoms with Gasteiger partial charge in [-0.3, -0.25) is 24.0 Å². The van der Waals surface area contributed by atoms with Crippen LogP contribution in [-0.4, -0.2) is 67.7 Å². The minimum atomic E-state index is -0.489. The van der Waals surface area contributed by atoms with Crippen LogP contribution in [0.4, 0.5) is 0 Å². The molecule has 8 atom stereocenters. The molecule has 0 N–H and O–H groups in total. The van der Waals surface area contributed by atoms with Crippen molar-refractivity contribution in [3.05, 3.63) is 0 Å². The van der Waals surface area contributed by atoms with Crippen molar-refractivity contribution < 1.29 is 52.4 Å². The van der Waals surface area contributed by atoms with Crippen LogP contribution in [0.2, 0.25) is 0 Å². The summed E-state index contributed by atoms with van der Waals surface area (Å²) in [5, 5.41) is 0. The molecular weight excluding hydrogens is 885 g/mol. The van der Waals surface area contributed by atoms with Crippen LogP contribution in [0.5, 0.6) is 0 Å². The first kappa shape index (κ1) is 53.6. The maximum Gasteiger partial charge on any atom is 0.313 e. The van der Waals surface area contributed by atoms with Gasteiger partial charge in [0, 0.05) is 0 Å². The van der Waals surface area contributed by atoms with E-state index in [1.54, 1.807) is 0 Å². The fourth-order valence-corrected chi connectivity index (χ4v) is 16.7. The third kappa shape index (κ3) is 11.1. The van der Waals surface area contributed by atoms with Crippen LogP contribution in [0.1, 0.15) is 205 Å². The van der Waals surface area contributed by atoms with Crippen LogP contribution in [0.15, 0.2) is 0 Å². The Morgan fingerprint density at radius 3 is 1.54 bits per heavy atom. The summed E-state index contributed by atoms with van der Waals surface area (Å²) in [6, 6.07) is 0. The summed E-state index contributed by atoms with van der Waals surface area (Å²) in [7, 11) is 0. The largest absolute Gasteiger partial charge is 0.465 e. The van der Waals surface area contributed by atoms with E-state index in [9.17, 15) is 24.0 Å². The number of carbonyl (C=O) groups is 5. The molecular formula is C59H94O11. The van der Waals surface area contributed by atoms with E-state index in [0.29, 0.717) is 17.9 Å². The third-order valence-electron chi connectivity index (χ3n) is 21.3. The minimum Gasteiger partial charge on any atom is -0.465 e. The van der Waals surface area contributed by atoms with Crippen LogP contribution in [0.3, 0.4) is 0 Å². The monoisotopic (exact) mass is 979 g/mol. The Bertz CT molecular complexity index is 1830. The number of carbonyl (C=O) groups excluding carboxylic acids is 5. The van der Waals surface area contributed by atoms with Gasteiger partial charge in [-0.25, -0.2) is 0 Å². The van der Waals surface area contributed by atoms with E-state index < -0.39 is 22.5 Å². The molecule has 12 fully saturated rings. The van der Waals surface area contributed by atoms with Crippen molar-refractivity contribution in [3.8, 4) is 0 Å². The molecule has 0 saturated heterocycles. The van der Waals surface area contributed by atoms with E-state index in [-0.39, 0.29) is 67.1 Å². The first-order valence-corrected chi connectivity index (χ1v) is 28.6. The molecule has 0 aromatic heterocycles. The lowest BCUT2D eigenvalue weighted by Gasteiger charge is -2.59. The highest BCUT2D eigenvalue weighted by molar-refractivity contribution is 5.78. The zero-order valence-corrected chi connectivity index (χ0v) is 45.4. The van der Waals surface area contributed by atoms with Gasteiger partial charge in [-0.2, -0.15) is 0 Å². The molecule has 0 spiro atoms. The molecule has 12 saturated carbocycles. The van der Waals surface area contributed by atoms with E-state index >= 15 is 0 Å². The highest BCUT2D eigenvalue weighted by Crippen LogP contribution is 2.68. The molecule has 12 aliphatic rings. The van der Waals surface area contributed by atoms with Crippen LogP contribution < -0.4 is 0 Å². The smallest absolute Gasteiger partial charge is 0.313 e. The SMILES string of the molecule is CCC(C)(C)C(=O)OC(C)OC1CC2CC1C1C3CCC(C3)C21.CCC(C)(C)C(=O)OCCC(=O)OC1(C)C2CC3CC(C2)CC1C3.CCC(C)(C)C(=O)OCCOC(=O)C12CC3CC(CC(C3)C1)C2. The summed E-state index contributed by atoms with van der Waals surface area (Å²) in [5.41, 5.74) is -1.89. The third-order valence-corrected chi connectivity index (χ3v) is 21.3. The quantitative estimate of drug-likeness (QED) is 0.0452. The highest BCUT2D eigenvalue weighted by Gasteiger charge is 2.63. The lowest BCUT2D eigenvalue weighted by atomic mass is 9.49. The molecule has 0 aromatic rings. The summed E-state index contributed by atoms with van der Waals surface area (Å²) < 4.78 is 33.8. The van der Waals surface area contributed by atoms with Gasteiger partial charge in [0.05, 0.1) is 34.2 Å². The predicted molar refractivity (Wildman–Crippen MR) is 266 cm³/mol. The molecule has 0 radical (unpaired) electrons. The molecule has 11 heteroatoms. The Labute approximate surface area is 421 Å². The predicted octanol–water partition coefficient (Wildman–Crippen LogP) is 12.2. The molecule has 12 aliphatic carbocycles. The lowest BCUT2D eigenvalue weighted by Crippen LogP contribution is -2.58. The van der Waals surface area contributed by atoms with Gasteiger partial charge >= 0.3 is 29.8 Å². The van der Waals surface area contributed by atoms with Gasteiger partial charge in [-0.1, -0.05) is 20.8 Å². The average molecular weight is 979 g/mol. The summed E-state index contributed by atoms with van der Waals surface area (Å²) in [5.74, 6) is 9.69. The van der Waals surface area contributed by atoms with E-state index in [1.807, 2.05) is 69.2 Å². The molecule has 0 heterocycles. The summed E-state index contributed by atoms with van der Waals surface area (Å²) >= 11 is 0. The number of fused-ring (bicyclic) bond motifs is 9. The average Bonchev–Trinajstić information content (AvgIpc) is 4.12. The van der Waals surface area contributed by atoms with Gasteiger partial charge in [0.25, 0.3) is 0 Å². The summed E-state index contributed by atoms with van der Waals surface area (Å²) in [6.07, 6.45) is 22.6. The van der Waals surface area contributed by atoms with Gasteiger partial charge in [0.2, 0.25) is 0 Å². The number of ether oxygens (including phenoxy) is 6. The Morgan fingerprint density at radius 2 is 1.01 bits per heavy atom. The Balaban J connectivity index is 0.000000141. The molecule has 0 aliphatic heterocycles. The maximum absolute atomic E-state index is 12.6. The fraction of sp³-hybridized carbons (Fsp3) is 0.915. The maximum atomic E-state index is 12.6. The number of hydrogen-bond acceptors (Lipinski definition) is 11. The molecule has 12 rings (SSSR count).